The lowest BCUT2D eigenvalue weighted by Gasteiger charge is -2.06. The van der Waals surface area contributed by atoms with E-state index in [1.807, 2.05) is 32.4 Å². The minimum absolute atomic E-state index is 0.00207. The molecule has 0 aromatic carbocycles. The van der Waals surface area contributed by atoms with Gasteiger partial charge in [0.2, 0.25) is 5.91 Å². The average Bonchev–Trinajstić information content (AvgIpc) is 2.91. The number of nitrogens with one attached hydrogen (secondary N) is 1. The molecule has 6 nitrogen and oxygen atoms in total. The molecule has 2 aromatic heterocycles. The average molecular weight is 290 g/mol. The highest BCUT2D eigenvalue weighted by molar-refractivity contribution is 5.78. The first-order valence-electron chi connectivity index (χ1n) is 7.17. The number of aromatic nitrogens is 3. The first-order chi connectivity index (χ1) is 9.97. The van der Waals surface area contributed by atoms with Crippen LogP contribution in [0.2, 0.25) is 0 Å². The molecule has 0 unspecified atom stereocenters. The van der Waals surface area contributed by atoms with Crippen molar-refractivity contribution in [2.45, 2.75) is 47.1 Å². The summed E-state index contributed by atoms with van der Waals surface area (Å²) in [4.78, 5) is 11.9. The Labute approximate surface area is 124 Å². The Hall–Kier alpha value is -2.11. The summed E-state index contributed by atoms with van der Waals surface area (Å²) in [6.45, 7) is 9.14. The minimum Gasteiger partial charge on any atom is -0.361 e. The van der Waals surface area contributed by atoms with Crippen molar-refractivity contribution in [3.8, 4) is 0 Å². The van der Waals surface area contributed by atoms with Crippen molar-refractivity contribution < 1.29 is 9.32 Å². The number of hydrogen-bond acceptors (Lipinski definition) is 4. The number of aryl methyl sites for hydroxylation is 5. The lowest BCUT2D eigenvalue weighted by molar-refractivity contribution is -0.120. The summed E-state index contributed by atoms with van der Waals surface area (Å²) in [5, 5.41) is 11.2. The second-order valence-corrected chi connectivity index (χ2v) is 5.33. The zero-order valence-corrected chi connectivity index (χ0v) is 13.1. The van der Waals surface area contributed by atoms with E-state index >= 15 is 0 Å². The van der Waals surface area contributed by atoms with Crippen molar-refractivity contribution in [1.82, 2.24) is 20.3 Å². The molecule has 0 radical (unpaired) electrons. The van der Waals surface area contributed by atoms with Gasteiger partial charge in [0.1, 0.15) is 5.76 Å². The molecule has 21 heavy (non-hydrogen) atoms. The molecule has 0 aliphatic rings. The number of carbonyl (C=O) groups is 1. The number of hydrogen-bond donors (Lipinski definition) is 1. The number of rotatable bonds is 6. The summed E-state index contributed by atoms with van der Waals surface area (Å²) < 4.78 is 7.02. The normalized spacial score (nSPS) is 10.9. The topological polar surface area (TPSA) is 73.0 Å². The van der Waals surface area contributed by atoms with E-state index in [0.717, 1.165) is 35.6 Å². The van der Waals surface area contributed by atoms with Crippen molar-refractivity contribution in [3.05, 3.63) is 34.5 Å². The maximum absolute atomic E-state index is 11.9. The Morgan fingerprint density at radius 2 is 2.10 bits per heavy atom. The van der Waals surface area contributed by atoms with E-state index in [9.17, 15) is 4.79 Å². The predicted molar refractivity (Wildman–Crippen MR) is 79.0 cm³/mol. The van der Waals surface area contributed by atoms with Crippen molar-refractivity contribution >= 4 is 5.91 Å². The number of nitrogens with zero attached hydrogens (tertiary/aromatic N) is 3. The van der Waals surface area contributed by atoms with Crippen LogP contribution in [-0.2, 0) is 17.8 Å². The van der Waals surface area contributed by atoms with Gasteiger partial charge in [0.05, 0.1) is 17.8 Å². The Morgan fingerprint density at radius 3 is 2.67 bits per heavy atom. The third-order valence-electron chi connectivity index (χ3n) is 3.49. The Bertz CT molecular complexity index is 608. The van der Waals surface area contributed by atoms with Gasteiger partial charge in [-0.15, -0.1) is 0 Å². The summed E-state index contributed by atoms with van der Waals surface area (Å²) in [6, 6.07) is 2.05. The molecule has 114 valence electrons. The molecule has 0 spiro atoms. The zero-order chi connectivity index (χ0) is 15.4. The van der Waals surface area contributed by atoms with Gasteiger partial charge in [0.25, 0.3) is 0 Å². The van der Waals surface area contributed by atoms with Gasteiger partial charge in [-0.25, -0.2) is 0 Å². The first kappa shape index (κ1) is 15.3. The highest BCUT2D eigenvalue weighted by atomic mass is 16.5. The lowest BCUT2D eigenvalue weighted by Crippen LogP contribution is -2.27. The van der Waals surface area contributed by atoms with Crippen LogP contribution in [0, 0.1) is 27.7 Å². The zero-order valence-electron chi connectivity index (χ0n) is 13.1. The van der Waals surface area contributed by atoms with Crippen LogP contribution in [0.5, 0.6) is 0 Å². The van der Waals surface area contributed by atoms with E-state index < -0.39 is 0 Å². The van der Waals surface area contributed by atoms with Crippen LogP contribution >= 0.6 is 0 Å². The van der Waals surface area contributed by atoms with Gasteiger partial charge >= 0.3 is 0 Å². The Balaban J connectivity index is 1.74. The molecule has 0 saturated heterocycles. The first-order valence-corrected chi connectivity index (χ1v) is 7.17. The van der Waals surface area contributed by atoms with Gasteiger partial charge in [0.15, 0.2) is 0 Å². The predicted octanol–water partition coefficient (Wildman–Crippen LogP) is 1.85. The maximum atomic E-state index is 11.9. The summed E-state index contributed by atoms with van der Waals surface area (Å²) >= 11 is 0. The standard InChI is InChI=1S/C15H22N4O2/c1-10-8-11(2)19(17-10)7-5-6-16-15(20)9-14-12(3)18-21-13(14)4/h8H,5-7,9H2,1-4H3,(H,16,20). The van der Waals surface area contributed by atoms with E-state index in [-0.39, 0.29) is 5.91 Å². The van der Waals surface area contributed by atoms with Gasteiger partial charge in [-0.2, -0.15) is 5.10 Å². The van der Waals surface area contributed by atoms with Crippen molar-refractivity contribution in [3.63, 3.8) is 0 Å². The highest BCUT2D eigenvalue weighted by Crippen LogP contribution is 2.12. The van der Waals surface area contributed by atoms with Crippen LogP contribution in [0.1, 0.15) is 34.8 Å². The largest absolute Gasteiger partial charge is 0.361 e. The fourth-order valence-corrected chi connectivity index (χ4v) is 2.34. The molecule has 0 fully saturated rings. The Kier molecular flexibility index (Phi) is 4.77. The summed E-state index contributed by atoms with van der Waals surface area (Å²) in [5.74, 6) is 0.711. The van der Waals surface area contributed by atoms with Crippen molar-refractivity contribution in [2.75, 3.05) is 6.54 Å². The molecule has 1 N–H and O–H groups in total. The minimum atomic E-state index is -0.00207. The smallest absolute Gasteiger partial charge is 0.224 e. The maximum Gasteiger partial charge on any atom is 0.224 e. The van der Waals surface area contributed by atoms with Gasteiger partial charge in [-0.1, -0.05) is 5.16 Å². The molecule has 6 heteroatoms. The van der Waals surface area contributed by atoms with Gasteiger partial charge < -0.3 is 9.84 Å². The van der Waals surface area contributed by atoms with Gasteiger partial charge in [-0.3, -0.25) is 9.48 Å². The van der Waals surface area contributed by atoms with Crippen molar-refractivity contribution in [2.24, 2.45) is 0 Å². The molecule has 0 bridgehead atoms. The molecule has 1 amide bonds. The summed E-state index contributed by atoms with van der Waals surface area (Å²) in [7, 11) is 0. The van der Waals surface area contributed by atoms with E-state index in [1.165, 1.54) is 0 Å². The van der Waals surface area contributed by atoms with Crippen LogP contribution < -0.4 is 5.32 Å². The van der Waals surface area contributed by atoms with Gasteiger partial charge in [-0.05, 0) is 40.2 Å². The SMILES string of the molecule is Cc1cc(C)n(CCCNC(=O)Cc2c(C)noc2C)n1. The van der Waals surface area contributed by atoms with Crippen LogP contribution in [0.25, 0.3) is 0 Å². The third-order valence-corrected chi connectivity index (χ3v) is 3.49. The molecule has 2 rings (SSSR count). The molecule has 0 aliphatic heterocycles. The number of carbonyl (C=O) groups excluding carboxylic acids is 1. The van der Waals surface area contributed by atoms with Crippen molar-refractivity contribution in [1.29, 1.82) is 0 Å². The van der Waals surface area contributed by atoms with Crippen LogP contribution in [-0.4, -0.2) is 27.4 Å². The second kappa shape index (κ2) is 6.56. The molecule has 0 atom stereocenters. The van der Waals surface area contributed by atoms with Crippen LogP contribution in [0.15, 0.2) is 10.6 Å². The number of amides is 1. The molecule has 0 saturated carbocycles. The molecule has 0 aliphatic carbocycles. The van der Waals surface area contributed by atoms with E-state index in [0.29, 0.717) is 18.7 Å². The lowest BCUT2D eigenvalue weighted by atomic mass is 10.1. The third kappa shape index (κ3) is 3.93. The quantitative estimate of drug-likeness (QED) is 0.824. The van der Waals surface area contributed by atoms with Crippen LogP contribution in [0.4, 0.5) is 0 Å². The summed E-state index contributed by atoms with van der Waals surface area (Å²) in [5.41, 5.74) is 3.83. The van der Waals surface area contributed by atoms with E-state index in [2.05, 4.69) is 21.6 Å². The molecule has 2 aromatic rings. The van der Waals surface area contributed by atoms with E-state index in [4.69, 9.17) is 4.52 Å². The molecular formula is C15H22N4O2. The molecular weight excluding hydrogens is 268 g/mol. The second-order valence-electron chi connectivity index (χ2n) is 5.33. The Morgan fingerprint density at radius 1 is 1.33 bits per heavy atom. The monoisotopic (exact) mass is 290 g/mol. The van der Waals surface area contributed by atoms with E-state index in [1.54, 1.807) is 0 Å². The fraction of sp³-hybridized carbons (Fsp3) is 0.533. The highest BCUT2D eigenvalue weighted by Gasteiger charge is 2.12. The van der Waals surface area contributed by atoms with Gasteiger partial charge in [0, 0.05) is 24.3 Å². The fourth-order valence-electron chi connectivity index (χ4n) is 2.34. The molecule has 2 heterocycles. The van der Waals surface area contributed by atoms with Crippen LogP contribution in [0.3, 0.4) is 0 Å². The summed E-state index contributed by atoms with van der Waals surface area (Å²) in [6.07, 6.45) is 1.18.